The Kier molecular flexibility index (Phi) is 21.4. The van der Waals surface area contributed by atoms with Crippen LogP contribution in [0.5, 0.6) is 0 Å². The summed E-state index contributed by atoms with van der Waals surface area (Å²) in [6.45, 7) is 17.1. The molecule has 0 saturated heterocycles. The highest BCUT2D eigenvalue weighted by Gasteiger charge is 2.37. The molecule has 0 nitrogen and oxygen atoms in total. The van der Waals surface area contributed by atoms with E-state index in [0.717, 1.165) is 5.92 Å². The molecule has 0 aromatic heterocycles. The molecule has 0 aliphatic heterocycles. The van der Waals surface area contributed by atoms with Crippen molar-refractivity contribution in [3.8, 4) is 0 Å². The molecule has 33 heavy (non-hydrogen) atoms. The third kappa shape index (κ3) is 16.4. The van der Waals surface area contributed by atoms with Gasteiger partial charge in [0.2, 0.25) is 0 Å². The van der Waals surface area contributed by atoms with Gasteiger partial charge >= 0.3 is 0 Å². The zero-order valence-electron chi connectivity index (χ0n) is 24.7. The van der Waals surface area contributed by atoms with Gasteiger partial charge in [-0.2, -0.15) is 0 Å². The largest absolute Gasteiger partial charge is 0.106 e. The van der Waals surface area contributed by atoms with Crippen LogP contribution in [0.3, 0.4) is 0 Å². The number of rotatable bonds is 25. The summed E-state index contributed by atoms with van der Waals surface area (Å²) in [5, 5.41) is 0. The normalized spacial score (nSPS) is 13.4. The van der Waals surface area contributed by atoms with Gasteiger partial charge in [0.25, 0.3) is 0 Å². The molecule has 197 valence electrons. The van der Waals surface area contributed by atoms with Gasteiger partial charge in [-0.15, -0.1) is 0 Å². The summed E-state index contributed by atoms with van der Waals surface area (Å²) in [4.78, 5) is 0. The van der Waals surface area contributed by atoms with Crippen LogP contribution in [0.25, 0.3) is 0 Å². The number of unbranched alkanes of at least 4 members (excludes halogenated alkanes) is 12. The Morgan fingerprint density at radius 2 is 0.879 bits per heavy atom. The first kappa shape index (κ1) is 33.1. The van der Waals surface area contributed by atoms with Gasteiger partial charge in [-0.25, -0.2) is 0 Å². The molecule has 0 aromatic carbocycles. The Morgan fingerprint density at radius 1 is 0.515 bits per heavy atom. The van der Waals surface area contributed by atoms with E-state index in [2.05, 4.69) is 55.6 Å². The highest BCUT2D eigenvalue weighted by molar-refractivity contribution is 6.33. The average Bonchev–Trinajstić information content (AvgIpc) is 2.80. The van der Waals surface area contributed by atoms with Crippen LogP contribution in [-0.4, -0.2) is 7.28 Å². The van der Waals surface area contributed by atoms with Crippen LogP contribution < -0.4 is 0 Å². The first-order valence-corrected chi connectivity index (χ1v) is 15.7. The lowest BCUT2D eigenvalue weighted by molar-refractivity contribution is 0.0879. The maximum atomic E-state index is 2.70. The Bertz CT molecular complexity index is 377. The van der Waals surface area contributed by atoms with E-state index in [0.29, 0.717) is 10.8 Å². The minimum atomic E-state index is 0.530. The molecule has 1 heteroatoms. The summed E-state index contributed by atoms with van der Waals surface area (Å²) >= 11 is 0. The van der Waals surface area contributed by atoms with Crippen LogP contribution in [-0.2, 0) is 0 Å². The maximum Gasteiger partial charge on any atom is 0.106 e. The van der Waals surface area contributed by atoms with Gasteiger partial charge in [0, 0.05) is 0 Å². The molecule has 0 bridgehead atoms. The smallest absolute Gasteiger partial charge is 0.0920 e. The van der Waals surface area contributed by atoms with E-state index >= 15 is 0 Å². The van der Waals surface area contributed by atoms with Gasteiger partial charge in [-0.3, -0.25) is 0 Å². The highest BCUT2D eigenvalue weighted by Crippen LogP contribution is 2.49. The van der Waals surface area contributed by atoms with E-state index in [9.17, 15) is 0 Å². The second-order valence-corrected chi connectivity index (χ2v) is 12.3. The first-order valence-electron chi connectivity index (χ1n) is 15.7. The molecule has 0 amide bonds. The minimum absolute atomic E-state index is 0.530. The second-order valence-electron chi connectivity index (χ2n) is 12.3. The quantitative estimate of drug-likeness (QED) is 0.0936. The van der Waals surface area contributed by atoms with Crippen molar-refractivity contribution >= 4 is 7.28 Å². The molecule has 0 rings (SSSR count). The lowest BCUT2D eigenvalue weighted by atomic mass is 9.56. The summed E-state index contributed by atoms with van der Waals surface area (Å²) in [5.74, 6) is 0.869. The Balaban J connectivity index is 5.42. The predicted octanol–water partition coefficient (Wildman–Crippen LogP) is 12.1. The van der Waals surface area contributed by atoms with E-state index in [1.807, 2.05) is 0 Å². The maximum absolute atomic E-state index is 2.70. The molecule has 0 N–H and O–H groups in total. The molecule has 0 saturated carbocycles. The molecule has 0 spiro atoms. The second kappa shape index (κ2) is 21.4. The lowest BCUT2D eigenvalue weighted by Gasteiger charge is -2.44. The molecular weight excluding hydrogens is 395 g/mol. The number of hydrogen-bond donors (Lipinski definition) is 0. The standard InChI is InChI=1S/C32H66B/c1-8-12-16-20-24-31(5,25-21-17-13-9-2)28-30(29-33-7)32(6,26-22-18-14-10-3)27-23-19-15-11-4/h30H,8-29H2,1-7H3/t30-/m1/s1. The van der Waals surface area contributed by atoms with Crippen LogP contribution in [0.2, 0.25) is 13.1 Å². The summed E-state index contributed by atoms with van der Waals surface area (Å²) in [6, 6.07) is 0. The van der Waals surface area contributed by atoms with Gasteiger partial charge < -0.3 is 0 Å². The first-order chi connectivity index (χ1) is 15.9. The molecule has 0 unspecified atom stereocenters. The highest BCUT2D eigenvalue weighted by atomic mass is 14.4. The molecule has 1 atom stereocenters. The Morgan fingerprint density at radius 3 is 1.21 bits per heavy atom. The average molecular weight is 462 g/mol. The third-order valence-corrected chi connectivity index (χ3v) is 8.72. The molecule has 0 aromatic rings. The molecule has 0 aliphatic rings. The van der Waals surface area contributed by atoms with Crippen LogP contribution in [0.1, 0.15) is 176 Å². The van der Waals surface area contributed by atoms with Crippen LogP contribution in [0.15, 0.2) is 0 Å². The zero-order chi connectivity index (χ0) is 24.8. The molecular formula is C32H66B. The van der Waals surface area contributed by atoms with Crippen molar-refractivity contribution in [2.24, 2.45) is 16.7 Å². The van der Waals surface area contributed by atoms with Crippen LogP contribution in [0, 0.1) is 16.7 Å². The van der Waals surface area contributed by atoms with Gasteiger partial charge in [0.15, 0.2) is 0 Å². The molecule has 0 aliphatic carbocycles. The van der Waals surface area contributed by atoms with E-state index < -0.39 is 0 Å². The summed E-state index contributed by atoms with van der Waals surface area (Å²) in [6.07, 6.45) is 31.3. The van der Waals surface area contributed by atoms with Crippen LogP contribution in [0.4, 0.5) is 0 Å². The van der Waals surface area contributed by atoms with Crippen molar-refractivity contribution in [3.05, 3.63) is 0 Å². The number of hydrogen-bond acceptors (Lipinski definition) is 0. The zero-order valence-corrected chi connectivity index (χ0v) is 24.7. The fraction of sp³-hybridized carbons (Fsp3) is 1.00. The van der Waals surface area contributed by atoms with Crippen LogP contribution >= 0.6 is 0 Å². The van der Waals surface area contributed by atoms with E-state index in [1.54, 1.807) is 0 Å². The summed E-state index contributed by atoms with van der Waals surface area (Å²) in [5.41, 5.74) is 1.07. The molecule has 0 heterocycles. The van der Waals surface area contributed by atoms with Crippen molar-refractivity contribution in [1.29, 1.82) is 0 Å². The van der Waals surface area contributed by atoms with Crippen molar-refractivity contribution in [2.45, 2.75) is 190 Å². The van der Waals surface area contributed by atoms with Gasteiger partial charge in [-0.1, -0.05) is 157 Å². The minimum Gasteiger partial charge on any atom is -0.0920 e. The Labute approximate surface area is 213 Å². The predicted molar refractivity (Wildman–Crippen MR) is 156 cm³/mol. The monoisotopic (exact) mass is 462 g/mol. The van der Waals surface area contributed by atoms with Gasteiger partial charge in [-0.05, 0) is 48.9 Å². The SMILES string of the molecule is C[B]C[C@@H](CC(C)(CCCCCC)CCCCCC)C(C)(CCCCCC)CCCCCC. The summed E-state index contributed by atoms with van der Waals surface area (Å²) in [7, 11) is 2.51. The third-order valence-electron chi connectivity index (χ3n) is 8.72. The van der Waals surface area contributed by atoms with Crippen molar-refractivity contribution < 1.29 is 0 Å². The molecule has 1 radical (unpaired) electrons. The summed E-state index contributed by atoms with van der Waals surface area (Å²) < 4.78 is 0. The fourth-order valence-corrected chi connectivity index (χ4v) is 6.22. The topological polar surface area (TPSA) is 0 Å². The lowest BCUT2D eigenvalue weighted by Crippen LogP contribution is -2.33. The van der Waals surface area contributed by atoms with E-state index in [-0.39, 0.29) is 0 Å². The van der Waals surface area contributed by atoms with Gasteiger partial charge in [0.05, 0.1) is 0 Å². The van der Waals surface area contributed by atoms with Crippen molar-refractivity contribution in [1.82, 2.24) is 0 Å². The molecule has 0 fully saturated rings. The fourth-order valence-electron chi connectivity index (χ4n) is 6.22. The van der Waals surface area contributed by atoms with Crippen molar-refractivity contribution in [3.63, 3.8) is 0 Å². The van der Waals surface area contributed by atoms with Gasteiger partial charge in [0.1, 0.15) is 7.28 Å². The van der Waals surface area contributed by atoms with E-state index in [4.69, 9.17) is 0 Å². The Hall–Kier alpha value is 0.0649. The van der Waals surface area contributed by atoms with Crippen molar-refractivity contribution in [2.75, 3.05) is 0 Å². The van der Waals surface area contributed by atoms with E-state index in [1.165, 1.54) is 141 Å².